The van der Waals surface area contributed by atoms with Crippen LogP contribution in [0.15, 0.2) is 81.3 Å². The van der Waals surface area contributed by atoms with Gasteiger partial charge in [0.1, 0.15) is 4.75 Å². The van der Waals surface area contributed by atoms with Gasteiger partial charge in [0.05, 0.1) is 4.91 Å². The third-order valence-electron chi connectivity index (χ3n) is 5.64. The average Bonchev–Trinajstić information content (AvgIpc) is 2.81. The summed E-state index contributed by atoms with van der Waals surface area (Å²) in [6.07, 6.45) is 1.95. The molecule has 0 spiro atoms. The van der Waals surface area contributed by atoms with Crippen molar-refractivity contribution in [3.63, 3.8) is 0 Å². The maximum atomic E-state index is 13.8. The van der Waals surface area contributed by atoms with Crippen LogP contribution in [-0.4, -0.2) is 13.2 Å². The molecule has 0 fully saturated rings. The average molecular weight is 506 g/mol. The largest absolute Gasteiger partial charge is 0.223 e. The molecule has 0 unspecified atom stereocenters. The van der Waals surface area contributed by atoms with Crippen molar-refractivity contribution in [1.82, 2.24) is 0 Å². The van der Waals surface area contributed by atoms with Crippen LogP contribution < -0.4 is 0 Å². The number of hydrogen-bond acceptors (Lipinski definition) is 2. The highest BCUT2D eigenvalue weighted by Gasteiger charge is 2.59. The van der Waals surface area contributed by atoms with Crippen molar-refractivity contribution in [3.8, 4) is 0 Å². The lowest BCUT2D eigenvalue weighted by molar-refractivity contribution is 0.544. The van der Waals surface area contributed by atoms with E-state index in [2.05, 4.69) is 31.9 Å². The first kappa shape index (κ1) is 18.9. The number of fused-ring (bicyclic) bond motifs is 1. The second kappa shape index (κ2) is 6.57. The standard InChI is InChI=1S/C22H18Br2O2S/c1-14-13-17(23)18(15-9-5-3-6-10-15)19-20(24)21(16-11-7-4-8-12-16)27(25,26)22(14,19)2/h3-13,19H,1-2H3/t19-,22+/m0/s1. The van der Waals surface area contributed by atoms with Crippen LogP contribution in [0.4, 0.5) is 0 Å². The van der Waals surface area contributed by atoms with Crippen LogP contribution in [0.5, 0.6) is 0 Å². The Balaban J connectivity index is 2.06. The fourth-order valence-corrected chi connectivity index (χ4v) is 8.85. The lowest BCUT2D eigenvalue weighted by atomic mass is 9.75. The predicted molar refractivity (Wildman–Crippen MR) is 119 cm³/mol. The van der Waals surface area contributed by atoms with Crippen molar-refractivity contribution >= 4 is 52.2 Å². The molecule has 1 aliphatic carbocycles. The molecule has 1 aliphatic heterocycles. The van der Waals surface area contributed by atoms with Gasteiger partial charge in [0.25, 0.3) is 0 Å². The van der Waals surface area contributed by atoms with Gasteiger partial charge in [-0.2, -0.15) is 0 Å². The molecule has 2 aromatic rings. The van der Waals surface area contributed by atoms with E-state index in [1.807, 2.05) is 80.6 Å². The van der Waals surface area contributed by atoms with Gasteiger partial charge in [-0.05, 0) is 36.6 Å². The van der Waals surface area contributed by atoms with E-state index >= 15 is 0 Å². The van der Waals surface area contributed by atoms with E-state index in [0.29, 0.717) is 4.91 Å². The van der Waals surface area contributed by atoms with E-state index in [1.54, 1.807) is 0 Å². The molecular formula is C22H18Br2O2S. The second-order valence-electron chi connectivity index (χ2n) is 7.04. The molecule has 2 aliphatic rings. The minimum absolute atomic E-state index is 0.306. The maximum Gasteiger partial charge on any atom is 0.189 e. The van der Waals surface area contributed by atoms with Gasteiger partial charge in [-0.25, -0.2) is 8.42 Å². The van der Waals surface area contributed by atoms with Crippen molar-refractivity contribution < 1.29 is 8.42 Å². The Morgan fingerprint density at radius 1 is 0.889 bits per heavy atom. The quantitative estimate of drug-likeness (QED) is 0.478. The third-order valence-corrected chi connectivity index (χ3v) is 10.1. The van der Waals surface area contributed by atoms with Crippen molar-refractivity contribution in [2.75, 3.05) is 0 Å². The third kappa shape index (κ3) is 2.59. The molecule has 2 atom stereocenters. The molecule has 4 rings (SSSR count). The number of allylic oxidation sites excluding steroid dienone is 4. The first-order valence-electron chi connectivity index (χ1n) is 8.63. The van der Waals surface area contributed by atoms with Crippen LogP contribution in [0.3, 0.4) is 0 Å². The minimum Gasteiger partial charge on any atom is -0.223 e. The molecule has 138 valence electrons. The topological polar surface area (TPSA) is 34.1 Å². The Hall–Kier alpha value is -1.43. The summed E-state index contributed by atoms with van der Waals surface area (Å²) >= 11 is 7.40. The van der Waals surface area contributed by atoms with Crippen molar-refractivity contribution in [2.45, 2.75) is 18.6 Å². The zero-order valence-corrected chi connectivity index (χ0v) is 18.9. The molecule has 27 heavy (non-hydrogen) atoms. The van der Waals surface area contributed by atoms with Crippen LogP contribution >= 0.6 is 31.9 Å². The van der Waals surface area contributed by atoms with E-state index in [1.165, 1.54) is 0 Å². The lowest BCUT2D eigenvalue weighted by Gasteiger charge is -2.37. The molecule has 0 amide bonds. The van der Waals surface area contributed by atoms with Crippen molar-refractivity contribution in [1.29, 1.82) is 0 Å². The van der Waals surface area contributed by atoms with Crippen LogP contribution in [0, 0.1) is 5.92 Å². The normalized spacial score (nSPS) is 26.8. The molecule has 0 aromatic heterocycles. The van der Waals surface area contributed by atoms with E-state index in [0.717, 1.165) is 31.2 Å². The molecule has 2 aromatic carbocycles. The van der Waals surface area contributed by atoms with Gasteiger partial charge in [-0.3, -0.25) is 0 Å². The van der Waals surface area contributed by atoms with Crippen molar-refractivity contribution in [2.24, 2.45) is 5.92 Å². The Labute approximate surface area is 176 Å². The molecule has 0 saturated carbocycles. The van der Waals surface area contributed by atoms with Crippen LogP contribution in [0.1, 0.15) is 25.0 Å². The predicted octanol–water partition coefficient (Wildman–Crippen LogP) is 6.32. The molecule has 2 nitrogen and oxygen atoms in total. The van der Waals surface area contributed by atoms with Gasteiger partial charge in [-0.15, -0.1) is 0 Å². The monoisotopic (exact) mass is 504 g/mol. The van der Waals surface area contributed by atoms with Gasteiger partial charge in [0, 0.05) is 14.9 Å². The second-order valence-corrected chi connectivity index (χ2v) is 11.0. The SMILES string of the molecule is CC1=CC(Br)=C(c2ccccc2)[C@H]2C(Br)=C(c3ccccc3)S(=O)(=O)[C@]12C. The van der Waals surface area contributed by atoms with Crippen LogP contribution in [0.2, 0.25) is 0 Å². The summed E-state index contributed by atoms with van der Waals surface area (Å²) < 4.78 is 28.2. The summed E-state index contributed by atoms with van der Waals surface area (Å²) in [4.78, 5) is 0.388. The minimum atomic E-state index is -3.59. The Morgan fingerprint density at radius 2 is 1.41 bits per heavy atom. The summed E-state index contributed by atoms with van der Waals surface area (Å²) in [5.41, 5.74) is 3.56. The van der Waals surface area contributed by atoms with Crippen LogP contribution in [0.25, 0.3) is 10.5 Å². The van der Waals surface area contributed by atoms with E-state index < -0.39 is 14.6 Å². The molecule has 0 saturated heterocycles. The molecule has 5 heteroatoms. The zero-order chi connectivity index (χ0) is 19.4. The smallest absolute Gasteiger partial charge is 0.189 e. The fourth-order valence-electron chi connectivity index (χ4n) is 4.06. The van der Waals surface area contributed by atoms with E-state index in [4.69, 9.17) is 0 Å². The Kier molecular flexibility index (Phi) is 4.60. The first-order chi connectivity index (χ1) is 12.8. The van der Waals surface area contributed by atoms with Crippen molar-refractivity contribution in [3.05, 3.63) is 92.4 Å². The number of sulfone groups is 1. The van der Waals surface area contributed by atoms with E-state index in [-0.39, 0.29) is 5.92 Å². The van der Waals surface area contributed by atoms with Gasteiger partial charge >= 0.3 is 0 Å². The van der Waals surface area contributed by atoms with Gasteiger partial charge < -0.3 is 0 Å². The highest BCUT2D eigenvalue weighted by Crippen LogP contribution is 2.61. The lowest BCUT2D eigenvalue weighted by Crippen LogP contribution is -2.42. The summed E-state index contributed by atoms with van der Waals surface area (Å²) in [5, 5.41) is 0. The summed E-state index contributed by atoms with van der Waals surface area (Å²) in [7, 11) is -3.59. The highest BCUT2D eigenvalue weighted by atomic mass is 79.9. The molecule has 0 N–H and O–H groups in total. The van der Waals surface area contributed by atoms with Crippen LogP contribution in [-0.2, 0) is 9.84 Å². The number of hydrogen-bond donors (Lipinski definition) is 0. The zero-order valence-electron chi connectivity index (χ0n) is 14.9. The Morgan fingerprint density at radius 3 is 1.96 bits per heavy atom. The number of rotatable bonds is 2. The fraction of sp³-hybridized carbons (Fsp3) is 0.182. The summed E-state index contributed by atoms with van der Waals surface area (Å²) in [5.74, 6) is -0.306. The highest BCUT2D eigenvalue weighted by molar-refractivity contribution is 9.12. The van der Waals surface area contributed by atoms with Gasteiger partial charge in [0.15, 0.2) is 9.84 Å². The van der Waals surface area contributed by atoms with Gasteiger partial charge in [0.2, 0.25) is 0 Å². The molecule has 1 heterocycles. The molecule has 0 bridgehead atoms. The molecular weight excluding hydrogens is 488 g/mol. The van der Waals surface area contributed by atoms with E-state index in [9.17, 15) is 8.42 Å². The number of benzene rings is 2. The molecule has 0 radical (unpaired) electrons. The Bertz CT molecular complexity index is 1110. The first-order valence-corrected chi connectivity index (χ1v) is 11.7. The number of halogens is 2. The van der Waals surface area contributed by atoms with Gasteiger partial charge in [-0.1, -0.05) is 98.1 Å². The maximum absolute atomic E-state index is 13.8. The summed E-state index contributed by atoms with van der Waals surface area (Å²) in [6.45, 7) is 3.75. The summed E-state index contributed by atoms with van der Waals surface area (Å²) in [6, 6.07) is 19.3.